The molecule has 3 amide bonds. The van der Waals surface area contributed by atoms with Crippen LogP contribution in [0.25, 0.3) is 11.2 Å². The minimum atomic E-state index is -1.32. The van der Waals surface area contributed by atoms with E-state index in [-0.39, 0.29) is 61.1 Å². The van der Waals surface area contributed by atoms with E-state index in [0.717, 1.165) is 142 Å². The molecule has 0 spiro atoms. The van der Waals surface area contributed by atoms with E-state index in [1.54, 1.807) is 12.1 Å². The molecule has 0 saturated carbocycles. The quantitative estimate of drug-likeness (QED) is 0.0573. The van der Waals surface area contributed by atoms with Crippen LogP contribution in [0.3, 0.4) is 0 Å². The summed E-state index contributed by atoms with van der Waals surface area (Å²) in [6, 6.07) is 11.3. The van der Waals surface area contributed by atoms with E-state index in [4.69, 9.17) is 5.73 Å². The van der Waals surface area contributed by atoms with Gasteiger partial charge in [-0.2, -0.15) is 4.98 Å². The molecule has 2 fully saturated rings. The molecule has 1 unspecified atom stereocenters. The van der Waals surface area contributed by atoms with E-state index >= 15 is 0 Å². The van der Waals surface area contributed by atoms with Gasteiger partial charge in [0.25, 0.3) is 17.4 Å². The van der Waals surface area contributed by atoms with E-state index in [2.05, 4.69) is 95.0 Å². The second-order valence-electron chi connectivity index (χ2n) is 18.4. The monoisotopic (exact) mass is 1010 g/mol. The molecule has 0 bridgehead atoms. The Labute approximate surface area is 427 Å². The largest absolute Gasteiger partial charge is 0.480 e. The van der Waals surface area contributed by atoms with Gasteiger partial charge < -0.3 is 64.0 Å². The predicted molar refractivity (Wildman–Crippen MR) is 282 cm³/mol. The van der Waals surface area contributed by atoms with Gasteiger partial charge in [-0.1, -0.05) is 12.1 Å². The molecule has 23 nitrogen and oxygen atoms in total. The number of nitrogens with one attached hydrogen (secondary N) is 11. The second kappa shape index (κ2) is 31.4. The number of aliphatic carboxylic acids is 1. The second-order valence-corrected chi connectivity index (χ2v) is 18.4. The van der Waals surface area contributed by atoms with E-state index in [1.165, 1.54) is 18.3 Å². The molecule has 2 saturated heterocycles. The number of nitrogens with zero attached hydrogens (tertiary/aromatic N) is 5. The van der Waals surface area contributed by atoms with Crippen LogP contribution >= 0.6 is 0 Å². The Hall–Kier alpha value is -6.18. The van der Waals surface area contributed by atoms with Crippen LogP contribution in [0.1, 0.15) is 76.1 Å². The van der Waals surface area contributed by atoms with Crippen molar-refractivity contribution >= 4 is 46.5 Å². The van der Waals surface area contributed by atoms with Crippen molar-refractivity contribution in [3.63, 3.8) is 0 Å². The van der Waals surface area contributed by atoms with E-state index in [1.807, 2.05) is 6.07 Å². The van der Waals surface area contributed by atoms with E-state index in [9.17, 15) is 29.1 Å². The SMILES string of the molecule is Nc1nc2ncc(CNc3ccc(C(=O)NC(CCC(=O)NCCNC(=O)c4cc(CN5CCCNCCNCCCNCC5)ccc4CN4CCCNCCNCCCNCC4)C(=O)O)cc3)nc2c(=O)[nH]1. The fourth-order valence-corrected chi connectivity index (χ4v) is 8.54. The normalized spacial score (nSPS) is 17.3. The Morgan fingerprint density at radius 1 is 0.685 bits per heavy atom. The molecule has 0 radical (unpaired) electrons. The Balaban J connectivity index is 1.00. The number of carboxylic acid groups (broad SMARTS) is 1. The number of amides is 3. The third-order valence-corrected chi connectivity index (χ3v) is 12.6. The molecule has 4 heterocycles. The summed E-state index contributed by atoms with van der Waals surface area (Å²) < 4.78 is 0. The zero-order valence-electron chi connectivity index (χ0n) is 42.1. The third-order valence-electron chi connectivity index (χ3n) is 12.6. The number of anilines is 2. The van der Waals surface area contributed by atoms with Gasteiger partial charge >= 0.3 is 5.97 Å². The highest BCUT2D eigenvalue weighted by atomic mass is 16.4. The lowest BCUT2D eigenvalue weighted by Crippen LogP contribution is -2.42. The lowest BCUT2D eigenvalue weighted by molar-refractivity contribution is -0.139. The first-order valence-electron chi connectivity index (χ1n) is 25.9. The standard InChI is InChI=1S/C50H77N17O6/c51-50-64-45-44(48(71)65-50)62-40(33-61-45)32-60-39-9-7-37(8-10-39)46(69)63-42(49(72)73)11-12-43(68)58-23-24-59-47(70)41-31-36(34-66-27-3-17-54-21-19-52-13-1-15-56-25-29-66)5-6-38(41)35-67-28-4-18-55-22-20-53-14-2-16-57-26-30-67/h5-10,31,33,42,52-57,60H,1-4,11-30,32,34-35H2,(H,58,68)(H,59,70)(H,63,69)(H,72,73)(H3,51,61,64,65,71). The number of H-pyrrole nitrogens is 1. The van der Waals surface area contributed by atoms with Crippen molar-refractivity contribution in [2.75, 3.05) is 129 Å². The summed E-state index contributed by atoms with van der Waals surface area (Å²) in [6.07, 6.45) is 5.28. The molecule has 2 aliphatic heterocycles. The van der Waals surface area contributed by atoms with Crippen LogP contribution in [0.4, 0.5) is 11.6 Å². The zero-order valence-corrected chi connectivity index (χ0v) is 42.1. The van der Waals surface area contributed by atoms with Crippen LogP contribution in [-0.4, -0.2) is 182 Å². The van der Waals surface area contributed by atoms with Gasteiger partial charge in [0.05, 0.1) is 18.4 Å². The summed E-state index contributed by atoms with van der Waals surface area (Å²) in [6.45, 7) is 16.6. The highest BCUT2D eigenvalue weighted by Crippen LogP contribution is 2.18. The van der Waals surface area contributed by atoms with Gasteiger partial charge in [0.1, 0.15) is 6.04 Å². The maximum Gasteiger partial charge on any atom is 0.326 e. The van der Waals surface area contributed by atoms with Gasteiger partial charge in [0.2, 0.25) is 11.9 Å². The smallest absolute Gasteiger partial charge is 0.326 e. The minimum absolute atomic E-state index is 0.0532. The molecular weight excluding hydrogens is 935 g/mol. The van der Waals surface area contributed by atoms with Crippen molar-refractivity contribution in [2.24, 2.45) is 0 Å². The first-order chi connectivity index (χ1) is 35.6. The lowest BCUT2D eigenvalue weighted by atomic mass is 10.0. The number of fused-ring (bicyclic) bond motifs is 1. The molecule has 2 aliphatic rings. The number of aromatic amines is 1. The molecule has 398 valence electrons. The predicted octanol–water partition coefficient (Wildman–Crippen LogP) is -0.854. The van der Waals surface area contributed by atoms with Gasteiger partial charge in [-0.25, -0.2) is 14.8 Å². The Kier molecular flexibility index (Phi) is 24.2. The number of carboxylic acids is 1. The first kappa shape index (κ1) is 56.1. The maximum atomic E-state index is 14.1. The summed E-state index contributed by atoms with van der Waals surface area (Å²) in [4.78, 5) is 84.3. The van der Waals surface area contributed by atoms with Crippen molar-refractivity contribution in [2.45, 2.75) is 64.2 Å². The van der Waals surface area contributed by atoms with Crippen molar-refractivity contribution in [3.05, 3.63) is 87.0 Å². The molecule has 6 rings (SSSR count). The van der Waals surface area contributed by atoms with Crippen LogP contribution in [-0.2, 0) is 29.2 Å². The van der Waals surface area contributed by atoms with Gasteiger partial charge in [-0.3, -0.25) is 34.0 Å². The first-order valence-corrected chi connectivity index (χ1v) is 25.9. The number of aromatic nitrogens is 4. The summed E-state index contributed by atoms with van der Waals surface area (Å²) >= 11 is 0. The number of benzene rings is 2. The zero-order chi connectivity index (χ0) is 51.5. The topological polar surface area (TPSA) is 313 Å². The number of nitrogen functional groups attached to an aromatic ring is 1. The van der Waals surface area contributed by atoms with E-state index < -0.39 is 29.4 Å². The van der Waals surface area contributed by atoms with Crippen LogP contribution in [0.2, 0.25) is 0 Å². The van der Waals surface area contributed by atoms with Crippen LogP contribution in [0, 0.1) is 0 Å². The Morgan fingerprint density at radius 3 is 1.93 bits per heavy atom. The average Bonchev–Trinajstić information content (AvgIpc) is 3.38. The average molecular weight is 1010 g/mol. The van der Waals surface area contributed by atoms with Gasteiger partial charge in [-0.15, -0.1) is 0 Å². The molecule has 73 heavy (non-hydrogen) atoms. The molecule has 4 aromatic rings. The number of hydrogen-bond donors (Lipinski definition) is 13. The fraction of sp³-hybridized carbons (Fsp3) is 0.560. The maximum absolute atomic E-state index is 14.1. The minimum Gasteiger partial charge on any atom is -0.480 e. The number of carbonyl (C=O) groups is 4. The molecular formula is C50H77N17O6. The molecule has 2 aromatic carbocycles. The molecule has 0 aliphatic carbocycles. The molecule has 2 aromatic heterocycles. The molecule has 23 heteroatoms. The number of nitrogens with two attached hydrogens (primary N) is 1. The van der Waals surface area contributed by atoms with Crippen LogP contribution in [0.15, 0.2) is 53.5 Å². The number of carbonyl (C=O) groups excluding carboxylic acids is 3. The number of hydrogen-bond acceptors (Lipinski definition) is 18. The van der Waals surface area contributed by atoms with Gasteiger partial charge in [0.15, 0.2) is 11.2 Å². The summed E-state index contributed by atoms with van der Waals surface area (Å²) in [5.74, 6) is -2.58. The van der Waals surface area contributed by atoms with Gasteiger partial charge in [-0.05, 0) is 126 Å². The van der Waals surface area contributed by atoms with Crippen LogP contribution in [0.5, 0.6) is 0 Å². The van der Waals surface area contributed by atoms with Gasteiger partial charge in [0, 0.05) is 102 Å². The highest BCUT2D eigenvalue weighted by molar-refractivity contribution is 5.97. The summed E-state index contributed by atoms with van der Waals surface area (Å²) in [7, 11) is 0. The van der Waals surface area contributed by atoms with Crippen molar-refractivity contribution in [1.82, 2.24) is 77.6 Å². The van der Waals surface area contributed by atoms with Crippen LogP contribution < -0.4 is 64.5 Å². The fourth-order valence-electron chi connectivity index (χ4n) is 8.54. The lowest BCUT2D eigenvalue weighted by Gasteiger charge is -2.26. The van der Waals surface area contributed by atoms with Crippen molar-refractivity contribution < 1.29 is 24.3 Å². The third kappa shape index (κ3) is 20.3. The van der Waals surface area contributed by atoms with Crippen molar-refractivity contribution in [1.29, 1.82) is 0 Å². The Morgan fingerprint density at radius 2 is 1.29 bits per heavy atom. The van der Waals surface area contributed by atoms with Crippen molar-refractivity contribution in [3.8, 4) is 0 Å². The Bertz CT molecular complexity index is 2380. The number of rotatable bonds is 17. The summed E-state index contributed by atoms with van der Waals surface area (Å²) in [5, 5.41) is 42.6. The van der Waals surface area contributed by atoms with E-state index in [0.29, 0.717) is 30.0 Å². The molecule has 1 atom stereocenters. The highest BCUT2D eigenvalue weighted by Gasteiger charge is 2.23. The summed E-state index contributed by atoms with van der Waals surface area (Å²) in [5.41, 5.74) is 9.19. The molecule has 14 N–H and O–H groups in total.